The highest BCUT2D eigenvalue weighted by Gasteiger charge is 2.26. The van der Waals surface area contributed by atoms with Gasteiger partial charge in [-0.05, 0) is 60.4 Å². The molecule has 1 aliphatic heterocycles. The minimum absolute atomic E-state index is 0.514. The predicted molar refractivity (Wildman–Crippen MR) is 151 cm³/mol. The van der Waals surface area contributed by atoms with E-state index in [-0.39, 0.29) is 0 Å². The fourth-order valence-corrected chi connectivity index (χ4v) is 6.11. The standard InChI is InChI=1S/C30H30O6P2/c1-3-31-37(32-4-2)33-27-17-9-5-13-23(27)21-24-14-6-10-18-28(24)34-38-35-29-19-11-7-15-25(29)22-26-16-8-12-20-30(26)36-38/h5-20H,3-4,21-22H2,1-2H3. The monoisotopic (exact) mass is 548 g/mol. The van der Waals surface area contributed by atoms with Gasteiger partial charge in [0.2, 0.25) is 0 Å². The molecule has 0 atom stereocenters. The van der Waals surface area contributed by atoms with Crippen molar-refractivity contribution in [3.63, 3.8) is 0 Å². The highest BCUT2D eigenvalue weighted by molar-refractivity contribution is 7.43. The molecule has 0 bridgehead atoms. The maximum absolute atomic E-state index is 6.44. The molecule has 0 fully saturated rings. The lowest BCUT2D eigenvalue weighted by molar-refractivity contribution is 0.221. The second-order valence-corrected chi connectivity index (χ2v) is 10.6. The molecular formula is C30H30O6P2. The van der Waals surface area contributed by atoms with Crippen LogP contribution in [-0.4, -0.2) is 13.2 Å². The normalized spacial score (nSPS) is 12.9. The van der Waals surface area contributed by atoms with Crippen LogP contribution in [0.4, 0.5) is 0 Å². The van der Waals surface area contributed by atoms with Gasteiger partial charge in [-0.2, -0.15) is 0 Å². The number of para-hydroxylation sites is 4. The summed E-state index contributed by atoms with van der Waals surface area (Å²) >= 11 is 0. The molecule has 0 unspecified atom stereocenters. The minimum Gasteiger partial charge on any atom is -0.426 e. The Morgan fingerprint density at radius 3 is 1.76 bits per heavy atom. The third-order valence-corrected chi connectivity index (χ3v) is 8.13. The second kappa shape index (κ2) is 13.1. The molecule has 8 heteroatoms. The number of hydrogen-bond acceptors (Lipinski definition) is 6. The van der Waals surface area contributed by atoms with E-state index in [4.69, 9.17) is 27.1 Å². The molecule has 5 rings (SSSR count). The molecule has 0 saturated heterocycles. The Hall–Kier alpha value is -3.14. The van der Waals surface area contributed by atoms with Crippen LogP contribution in [0.25, 0.3) is 0 Å². The van der Waals surface area contributed by atoms with Crippen LogP contribution in [0.5, 0.6) is 23.0 Å². The summed E-state index contributed by atoms with van der Waals surface area (Å²) in [7, 11) is -3.23. The van der Waals surface area contributed by atoms with E-state index in [1.165, 1.54) is 0 Å². The number of benzene rings is 4. The molecule has 0 radical (unpaired) electrons. The summed E-state index contributed by atoms with van der Waals surface area (Å²) in [6.07, 6.45) is 1.32. The van der Waals surface area contributed by atoms with E-state index >= 15 is 0 Å². The summed E-state index contributed by atoms with van der Waals surface area (Å²) in [5, 5.41) is 0. The Morgan fingerprint density at radius 1 is 0.658 bits per heavy atom. The smallest absolute Gasteiger partial charge is 0.426 e. The van der Waals surface area contributed by atoms with Gasteiger partial charge in [-0.25, -0.2) is 0 Å². The molecule has 6 nitrogen and oxygen atoms in total. The number of rotatable bonds is 10. The van der Waals surface area contributed by atoms with Gasteiger partial charge in [-0.1, -0.05) is 72.8 Å². The van der Waals surface area contributed by atoms with Crippen molar-refractivity contribution in [2.24, 2.45) is 0 Å². The first-order chi connectivity index (χ1) is 18.7. The Balaban J connectivity index is 1.40. The Bertz CT molecular complexity index is 1290. The van der Waals surface area contributed by atoms with Crippen molar-refractivity contribution >= 4 is 17.2 Å². The Kier molecular flexibility index (Phi) is 9.11. The third-order valence-electron chi connectivity index (χ3n) is 5.81. The number of fused-ring (bicyclic) bond motifs is 2. The molecule has 0 N–H and O–H groups in total. The van der Waals surface area contributed by atoms with Crippen molar-refractivity contribution in [2.75, 3.05) is 13.2 Å². The average molecular weight is 549 g/mol. The first-order valence-corrected chi connectivity index (χ1v) is 14.8. The molecule has 0 amide bonds. The summed E-state index contributed by atoms with van der Waals surface area (Å²) in [4.78, 5) is 0. The van der Waals surface area contributed by atoms with Crippen LogP contribution >= 0.6 is 17.2 Å². The van der Waals surface area contributed by atoms with Crippen molar-refractivity contribution in [1.82, 2.24) is 0 Å². The zero-order valence-electron chi connectivity index (χ0n) is 21.4. The van der Waals surface area contributed by atoms with Gasteiger partial charge in [0.1, 0.15) is 23.0 Å². The highest BCUT2D eigenvalue weighted by atomic mass is 31.2. The Morgan fingerprint density at radius 2 is 1.16 bits per heavy atom. The fraction of sp³-hybridized carbons (Fsp3) is 0.200. The van der Waals surface area contributed by atoms with Crippen LogP contribution in [0, 0.1) is 0 Å². The van der Waals surface area contributed by atoms with Crippen molar-refractivity contribution in [1.29, 1.82) is 0 Å². The van der Waals surface area contributed by atoms with Crippen LogP contribution in [0.15, 0.2) is 97.1 Å². The molecule has 38 heavy (non-hydrogen) atoms. The first-order valence-electron chi connectivity index (χ1n) is 12.6. The van der Waals surface area contributed by atoms with Gasteiger partial charge in [0.25, 0.3) is 0 Å². The van der Waals surface area contributed by atoms with E-state index in [1.807, 2.05) is 98.8 Å². The van der Waals surface area contributed by atoms with Crippen LogP contribution in [0.3, 0.4) is 0 Å². The van der Waals surface area contributed by atoms with Crippen molar-refractivity contribution in [3.8, 4) is 23.0 Å². The molecule has 0 spiro atoms. The SMILES string of the molecule is CCOP(OCC)Oc1ccccc1Cc1ccccc1OP1Oc2ccccc2Cc2ccccc2O1. The molecule has 0 saturated carbocycles. The van der Waals surface area contributed by atoms with E-state index in [0.29, 0.717) is 25.4 Å². The van der Waals surface area contributed by atoms with Crippen LogP contribution < -0.4 is 18.1 Å². The lowest BCUT2D eigenvalue weighted by atomic mass is 10.0. The largest absolute Gasteiger partial charge is 0.530 e. The maximum Gasteiger partial charge on any atom is 0.530 e. The molecule has 1 aliphatic rings. The predicted octanol–water partition coefficient (Wildman–Crippen LogP) is 8.62. The topological polar surface area (TPSA) is 55.4 Å². The lowest BCUT2D eigenvalue weighted by Gasteiger charge is -2.24. The zero-order chi connectivity index (χ0) is 26.2. The van der Waals surface area contributed by atoms with Crippen molar-refractivity contribution in [3.05, 3.63) is 119 Å². The van der Waals surface area contributed by atoms with Gasteiger partial charge in [-0.15, -0.1) is 0 Å². The van der Waals surface area contributed by atoms with Crippen LogP contribution in [-0.2, 0) is 21.9 Å². The number of hydrogen-bond donors (Lipinski definition) is 0. The second-order valence-electron chi connectivity index (χ2n) is 8.43. The average Bonchev–Trinajstić information content (AvgIpc) is 2.92. The molecule has 196 valence electrons. The highest BCUT2D eigenvalue weighted by Crippen LogP contribution is 2.48. The minimum atomic E-state index is -1.76. The van der Waals surface area contributed by atoms with Crippen molar-refractivity contribution < 1.29 is 27.1 Å². The van der Waals surface area contributed by atoms with Gasteiger partial charge in [-0.3, -0.25) is 0 Å². The first kappa shape index (κ1) is 26.5. The summed E-state index contributed by atoms with van der Waals surface area (Å²) in [6.45, 7) is 4.88. The third kappa shape index (κ3) is 6.64. The van der Waals surface area contributed by atoms with E-state index in [9.17, 15) is 0 Å². The summed E-state index contributed by atoms with van der Waals surface area (Å²) in [5.41, 5.74) is 4.18. The Labute approximate surface area is 226 Å². The van der Waals surface area contributed by atoms with Gasteiger partial charge < -0.3 is 27.1 Å². The molecule has 4 aromatic carbocycles. The van der Waals surface area contributed by atoms with Gasteiger partial charge in [0, 0.05) is 12.8 Å². The van der Waals surface area contributed by atoms with Crippen LogP contribution in [0.1, 0.15) is 36.1 Å². The quantitative estimate of drug-likeness (QED) is 0.185. The molecule has 1 heterocycles. The molecule has 0 aromatic heterocycles. The van der Waals surface area contributed by atoms with E-state index in [2.05, 4.69) is 12.1 Å². The molecule has 0 aliphatic carbocycles. The summed E-state index contributed by atoms with van der Waals surface area (Å²) < 4.78 is 36.5. The zero-order valence-corrected chi connectivity index (χ0v) is 23.2. The van der Waals surface area contributed by atoms with Gasteiger partial charge in [0.05, 0.1) is 13.2 Å². The lowest BCUT2D eigenvalue weighted by Crippen LogP contribution is -2.09. The summed E-state index contributed by atoms with van der Waals surface area (Å²) in [5.74, 6) is 2.96. The van der Waals surface area contributed by atoms with Crippen LogP contribution in [0.2, 0.25) is 0 Å². The van der Waals surface area contributed by atoms with Gasteiger partial charge in [0.15, 0.2) is 0 Å². The van der Waals surface area contributed by atoms with Crippen molar-refractivity contribution in [2.45, 2.75) is 26.7 Å². The fourth-order valence-electron chi connectivity index (χ4n) is 4.04. The summed E-state index contributed by atoms with van der Waals surface area (Å²) in [6, 6.07) is 31.9. The van der Waals surface area contributed by atoms with E-state index in [1.54, 1.807) is 0 Å². The molecule has 4 aromatic rings. The van der Waals surface area contributed by atoms with Gasteiger partial charge >= 0.3 is 17.2 Å². The van der Waals surface area contributed by atoms with E-state index < -0.39 is 17.2 Å². The molecular weight excluding hydrogens is 518 g/mol. The maximum atomic E-state index is 6.44. The van der Waals surface area contributed by atoms with E-state index in [0.717, 1.165) is 45.9 Å².